The number of phenolic OH excluding ortho intramolecular Hbond substituents is 2. The van der Waals surface area contributed by atoms with E-state index in [1.807, 2.05) is 0 Å². The molecule has 20 heavy (non-hydrogen) atoms. The molecule has 0 radical (unpaired) electrons. The SMILES string of the molecule is Oc1ccc(C=C(c2ccc(O)cc2)C(F)(F)F)cc1. The standard InChI is InChI=1S/C15H11F3O2/c16-15(17,18)14(11-3-7-13(20)8-4-11)9-10-1-5-12(19)6-2-10/h1-9,19-20H. The first-order valence-electron chi connectivity index (χ1n) is 5.73. The number of benzene rings is 2. The fraction of sp³-hybridized carbons (Fsp3) is 0.0667. The van der Waals surface area contributed by atoms with E-state index in [2.05, 4.69) is 0 Å². The lowest BCUT2D eigenvalue weighted by Gasteiger charge is -2.12. The van der Waals surface area contributed by atoms with Crippen LogP contribution < -0.4 is 0 Å². The van der Waals surface area contributed by atoms with E-state index in [9.17, 15) is 13.2 Å². The van der Waals surface area contributed by atoms with E-state index in [0.717, 1.165) is 6.08 Å². The smallest absolute Gasteiger partial charge is 0.417 e. The van der Waals surface area contributed by atoms with Crippen molar-refractivity contribution in [2.45, 2.75) is 6.18 Å². The van der Waals surface area contributed by atoms with Crippen LogP contribution in [0.5, 0.6) is 11.5 Å². The van der Waals surface area contributed by atoms with Gasteiger partial charge in [0.2, 0.25) is 0 Å². The first-order chi connectivity index (χ1) is 9.36. The highest BCUT2D eigenvalue weighted by molar-refractivity contribution is 5.84. The van der Waals surface area contributed by atoms with Crippen molar-refractivity contribution in [2.75, 3.05) is 0 Å². The topological polar surface area (TPSA) is 40.5 Å². The van der Waals surface area contributed by atoms with Gasteiger partial charge in [-0.3, -0.25) is 0 Å². The van der Waals surface area contributed by atoms with Gasteiger partial charge in [-0.25, -0.2) is 0 Å². The van der Waals surface area contributed by atoms with E-state index in [4.69, 9.17) is 10.2 Å². The molecule has 0 aliphatic carbocycles. The molecular formula is C15H11F3O2. The molecule has 0 atom stereocenters. The summed E-state index contributed by atoms with van der Waals surface area (Å²) in [5.41, 5.74) is -0.533. The first kappa shape index (κ1) is 14.0. The highest BCUT2D eigenvalue weighted by atomic mass is 19.4. The minimum absolute atomic E-state index is 0.0136. The Labute approximate surface area is 113 Å². The van der Waals surface area contributed by atoms with Gasteiger partial charge in [0, 0.05) is 0 Å². The zero-order valence-electron chi connectivity index (χ0n) is 10.2. The molecule has 0 saturated heterocycles. The van der Waals surface area contributed by atoms with Crippen LogP contribution in [0, 0.1) is 0 Å². The highest BCUT2D eigenvalue weighted by Gasteiger charge is 2.34. The minimum atomic E-state index is -4.52. The van der Waals surface area contributed by atoms with Crippen LogP contribution in [0.3, 0.4) is 0 Å². The average Bonchev–Trinajstić information content (AvgIpc) is 2.38. The summed E-state index contributed by atoms with van der Waals surface area (Å²) in [5.74, 6) is -0.111. The fourth-order valence-electron chi connectivity index (χ4n) is 1.71. The van der Waals surface area contributed by atoms with Crippen molar-refractivity contribution in [3.05, 3.63) is 59.7 Å². The minimum Gasteiger partial charge on any atom is -0.508 e. The van der Waals surface area contributed by atoms with E-state index in [1.54, 1.807) is 0 Å². The summed E-state index contributed by atoms with van der Waals surface area (Å²) in [7, 11) is 0. The van der Waals surface area contributed by atoms with E-state index < -0.39 is 11.7 Å². The summed E-state index contributed by atoms with van der Waals surface area (Å²) in [4.78, 5) is 0. The molecule has 0 bridgehead atoms. The summed E-state index contributed by atoms with van der Waals surface area (Å²) in [6.07, 6.45) is -3.53. The van der Waals surface area contributed by atoms with Crippen molar-refractivity contribution >= 4 is 11.6 Å². The third-order valence-corrected chi connectivity index (χ3v) is 2.69. The van der Waals surface area contributed by atoms with Crippen molar-refractivity contribution in [3.63, 3.8) is 0 Å². The lowest BCUT2D eigenvalue weighted by Crippen LogP contribution is -2.10. The van der Waals surface area contributed by atoms with Crippen molar-refractivity contribution in [2.24, 2.45) is 0 Å². The molecule has 0 spiro atoms. The number of phenols is 2. The van der Waals surface area contributed by atoms with E-state index in [1.165, 1.54) is 48.5 Å². The predicted octanol–water partition coefficient (Wildman–Crippen LogP) is 4.20. The summed E-state index contributed by atoms with van der Waals surface area (Å²) >= 11 is 0. The van der Waals surface area contributed by atoms with Gasteiger partial charge in [-0.2, -0.15) is 13.2 Å². The van der Waals surface area contributed by atoms with Gasteiger partial charge in [-0.05, 0) is 41.5 Å². The van der Waals surface area contributed by atoms with Crippen LogP contribution in [0.4, 0.5) is 13.2 Å². The molecule has 0 saturated carbocycles. The zero-order valence-corrected chi connectivity index (χ0v) is 10.2. The second-order valence-corrected chi connectivity index (χ2v) is 4.19. The Kier molecular flexibility index (Phi) is 3.70. The van der Waals surface area contributed by atoms with Crippen LogP contribution in [0.15, 0.2) is 48.5 Å². The van der Waals surface area contributed by atoms with Crippen LogP contribution in [0.2, 0.25) is 0 Å². The summed E-state index contributed by atoms with van der Waals surface area (Å²) < 4.78 is 39.3. The van der Waals surface area contributed by atoms with Gasteiger partial charge in [0.05, 0.1) is 5.57 Å². The van der Waals surface area contributed by atoms with Crippen molar-refractivity contribution in [3.8, 4) is 11.5 Å². The normalized spacial score (nSPS) is 12.4. The van der Waals surface area contributed by atoms with E-state index >= 15 is 0 Å². The zero-order chi connectivity index (χ0) is 14.8. The summed E-state index contributed by atoms with van der Waals surface area (Å²) in [5, 5.41) is 18.3. The summed E-state index contributed by atoms with van der Waals surface area (Å²) in [6, 6.07) is 10.2. The Bertz CT molecular complexity index is 611. The van der Waals surface area contributed by atoms with Crippen LogP contribution in [-0.4, -0.2) is 16.4 Å². The Morgan fingerprint density at radius 3 is 1.70 bits per heavy atom. The fourth-order valence-corrected chi connectivity index (χ4v) is 1.71. The molecule has 0 heterocycles. The quantitative estimate of drug-likeness (QED) is 0.809. The number of halogens is 3. The molecule has 0 fully saturated rings. The van der Waals surface area contributed by atoms with E-state index in [0.29, 0.717) is 5.56 Å². The molecule has 0 unspecified atom stereocenters. The Hall–Kier alpha value is -2.43. The Morgan fingerprint density at radius 1 is 0.800 bits per heavy atom. The van der Waals surface area contributed by atoms with Crippen molar-refractivity contribution in [1.29, 1.82) is 0 Å². The maximum atomic E-state index is 13.1. The Balaban J connectivity index is 2.48. The highest BCUT2D eigenvalue weighted by Crippen LogP contribution is 2.36. The number of hydrogen-bond acceptors (Lipinski definition) is 2. The second-order valence-electron chi connectivity index (χ2n) is 4.19. The number of hydrogen-bond donors (Lipinski definition) is 2. The third kappa shape index (κ3) is 3.32. The lowest BCUT2D eigenvalue weighted by atomic mass is 10.0. The molecule has 0 aliphatic rings. The van der Waals surface area contributed by atoms with Crippen molar-refractivity contribution in [1.82, 2.24) is 0 Å². The van der Waals surface area contributed by atoms with Gasteiger partial charge in [0.15, 0.2) is 0 Å². The second kappa shape index (κ2) is 5.28. The molecule has 5 heteroatoms. The molecule has 2 rings (SSSR count). The number of aromatic hydroxyl groups is 2. The third-order valence-electron chi connectivity index (χ3n) is 2.69. The molecule has 0 aliphatic heterocycles. The molecule has 2 nitrogen and oxygen atoms in total. The number of rotatable bonds is 2. The van der Waals surface area contributed by atoms with Crippen LogP contribution in [0.1, 0.15) is 11.1 Å². The maximum Gasteiger partial charge on any atom is 0.417 e. The number of alkyl halides is 3. The van der Waals surface area contributed by atoms with Crippen LogP contribution in [0.25, 0.3) is 11.6 Å². The van der Waals surface area contributed by atoms with Gasteiger partial charge < -0.3 is 10.2 Å². The monoisotopic (exact) mass is 280 g/mol. The molecule has 2 N–H and O–H groups in total. The first-order valence-corrected chi connectivity index (χ1v) is 5.73. The molecular weight excluding hydrogens is 269 g/mol. The van der Waals surface area contributed by atoms with Gasteiger partial charge in [-0.15, -0.1) is 0 Å². The van der Waals surface area contributed by atoms with Crippen LogP contribution >= 0.6 is 0 Å². The largest absolute Gasteiger partial charge is 0.508 e. The van der Waals surface area contributed by atoms with Gasteiger partial charge in [-0.1, -0.05) is 24.3 Å². The maximum absolute atomic E-state index is 13.1. The molecule has 2 aromatic rings. The summed E-state index contributed by atoms with van der Waals surface area (Å²) in [6.45, 7) is 0. The molecule has 0 aromatic heterocycles. The van der Waals surface area contributed by atoms with Gasteiger partial charge in [0.25, 0.3) is 0 Å². The molecule has 104 valence electrons. The molecule has 0 amide bonds. The Morgan fingerprint density at radius 2 is 1.25 bits per heavy atom. The lowest BCUT2D eigenvalue weighted by molar-refractivity contribution is -0.0683. The van der Waals surface area contributed by atoms with Gasteiger partial charge in [0.1, 0.15) is 11.5 Å². The van der Waals surface area contributed by atoms with Crippen LogP contribution in [-0.2, 0) is 0 Å². The number of allylic oxidation sites excluding steroid dienone is 1. The average molecular weight is 280 g/mol. The predicted molar refractivity (Wildman–Crippen MR) is 70.1 cm³/mol. The van der Waals surface area contributed by atoms with Crippen molar-refractivity contribution < 1.29 is 23.4 Å². The molecule has 2 aromatic carbocycles. The van der Waals surface area contributed by atoms with E-state index in [-0.39, 0.29) is 17.1 Å². The van der Waals surface area contributed by atoms with Gasteiger partial charge >= 0.3 is 6.18 Å².